The molecule has 0 spiro atoms. The van der Waals surface area contributed by atoms with E-state index >= 15 is 0 Å². The number of rotatable bonds is 12. The van der Waals surface area contributed by atoms with Crippen LogP contribution in [0.15, 0.2) is 47.6 Å². The summed E-state index contributed by atoms with van der Waals surface area (Å²) in [7, 11) is 0. The van der Waals surface area contributed by atoms with Crippen LogP contribution in [-0.4, -0.2) is 70.7 Å². The summed E-state index contributed by atoms with van der Waals surface area (Å²) in [6.07, 6.45) is 20.3. The van der Waals surface area contributed by atoms with Crippen molar-refractivity contribution in [2.75, 3.05) is 0 Å². The van der Waals surface area contributed by atoms with Gasteiger partial charge < -0.3 is 29.2 Å². The largest absolute Gasteiger partial charge is 0.462 e. The standard InChI is InChI=1S/C24H36O5.C23H34O5/c1-5-15(3)24(27)29-21-11-14(2)10-17-7-6-16(4)20(23(17)21)9-8-19-12-18(25)13-22(26)28-19;1-4-14(2)23(26)28-20-7-5-6-16-9-8-15(3)19(22(16)20)11-10-18-12-17(24)13-21(25)27-18/h6-7,10,14-16,18-21,23,25H,5,8-9,11-13H2,1-4H3;6,8-9,14-15,17-20,22,24H,4-5,7,10-13H2,1-3H3/t14-,15-,16-,18+,19?,20-,21?,23?;14-,15-,17+,18?,19-,20?,22?/m00/s1. The molecule has 0 saturated carbocycles. The molecule has 6 rings (SSSR count). The van der Waals surface area contributed by atoms with Crippen molar-refractivity contribution in [3.63, 3.8) is 0 Å². The highest BCUT2D eigenvalue weighted by molar-refractivity contribution is 5.73. The summed E-state index contributed by atoms with van der Waals surface area (Å²) in [5.74, 6) is 1.18. The highest BCUT2D eigenvalue weighted by Crippen LogP contribution is 2.46. The maximum absolute atomic E-state index is 12.5. The molecule has 15 atom stereocenters. The second-order valence-corrected chi connectivity index (χ2v) is 18.1. The molecule has 10 nitrogen and oxygen atoms in total. The Hall–Kier alpha value is -3.24. The number of fused-ring (bicyclic) bond motifs is 2. The first-order valence-corrected chi connectivity index (χ1v) is 22.1. The Morgan fingerprint density at radius 3 is 1.68 bits per heavy atom. The molecule has 10 heteroatoms. The van der Waals surface area contributed by atoms with Crippen LogP contribution in [0, 0.1) is 53.3 Å². The third-order valence-corrected chi connectivity index (χ3v) is 13.6. The zero-order chi connectivity index (χ0) is 41.4. The van der Waals surface area contributed by atoms with Gasteiger partial charge in [0.15, 0.2) is 0 Å². The van der Waals surface area contributed by atoms with Crippen molar-refractivity contribution in [1.29, 1.82) is 0 Å². The Morgan fingerprint density at radius 2 is 1.19 bits per heavy atom. The van der Waals surface area contributed by atoms with E-state index in [4.69, 9.17) is 18.9 Å². The molecule has 2 heterocycles. The highest BCUT2D eigenvalue weighted by Gasteiger charge is 2.43. The van der Waals surface area contributed by atoms with Crippen molar-refractivity contribution in [2.45, 2.75) is 169 Å². The zero-order valence-electron chi connectivity index (χ0n) is 35.5. The third-order valence-electron chi connectivity index (χ3n) is 13.6. The first-order chi connectivity index (χ1) is 27.2. The average molecular weight is 795 g/mol. The Morgan fingerprint density at radius 1 is 0.719 bits per heavy atom. The van der Waals surface area contributed by atoms with E-state index in [-0.39, 0.29) is 84.8 Å². The van der Waals surface area contributed by atoms with Crippen LogP contribution in [0.1, 0.15) is 132 Å². The van der Waals surface area contributed by atoms with Crippen LogP contribution < -0.4 is 0 Å². The lowest BCUT2D eigenvalue weighted by atomic mass is 9.65. The van der Waals surface area contributed by atoms with Crippen LogP contribution in [0.4, 0.5) is 0 Å². The summed E-state index contributed by atoms with van der Waals surface area (Å²) in [6, 6.07) is 0. The number of aliphatic hydroxyl groups is 2. The predicted octanol–water partition coefficient (Wildman–Crippen LogP) is 8.15. The van der Waals surface area contributed by atoms with Gasteiger partial charge in [-0.1, -0.05) is 84.9 Å². The molecule has 2 fully saturated rings. The lowest BCUT2D eigenvalue weighted by Gasteiger charge is -2.43. The highest BCUT2D eigenvalue weighted by atomic mass is 16.6. The Bertz CT molecular complexity index is 1530. The second-order valence-electron chi connectivity index (χ2n) is 18.1. The maximum Gasteiger partial charge on any atom is 0.308 e. The molecule has 0 aromatic rings. The Balaban J connectivity index is 0.000000218. The SMILES string of the molecule is CC[C@H](C)C(=O)OC1CCC=C2C=C[C@H](C)[C@H](CCC3C[C@@H](O)CC(=O)O3)C21.CC[C@H](C)C(=O)OC1C[C@@H](C)C=C2C=C[C@H](C)[C@H](CCC3C[C@@H](O)CC(=O)O3)C21. The van der Waals surface area contributed by atoms with Crippen molar-refractivity contribution < 1.29 is 48.3 Å². The van der Waals surface area contributed by atoms with Gasteiger partial charge in [-0.2, -0.15) is 0 Å². The summed E-state index contributed by atoms with van der Waals surface area (Å²) in [5, 5.41) is 19.8. The fraction of sp³-hybridized carbons (Fsp3) is 0.745. The Labute approximate surface area is 340 Å². The predicted molar refractivity (Wildman–Crippen MR) is 217 cm³/mol. The van der Waals surface area contributed by atoms with Crippen LogP contribution >= 0.6 is 0 Å². The molecule has 57 heavy (non-hydrogen) atoms. The van der Waals surface area contributed by atoms with Gasteiger partial charge in [0, 0.05) is 24.7 Å². The molecule has 2 N–H and O–H groups in total. The number of hydrogen-bond donors (Lipinski definition) is 2. The molecule has 0 bridgehead atoms. The van der Waals surface area contributed by atoms with Crippen molar-refractivity contribution in [1.82, 2.24) is 0 Å². The molecule has 0 aromatic heterocycles. The van der Waals surface area contributed by atoms with E-state index in [9.17, 15) is 29.4 Å². The summed E-state index contributed by atoms with van der Waals surface area (Å²) in [6.45, 7) is 14.5. The summed E-state index contributed by atoms with van der Waals surface area (Å²) >= 11 is 0. The van der Waals surface area contributed by atoms with Crippen LogP contribution in [-0.2, 0) is 38.1 Å². The van der Waals surface area contributed by atoms with E-state index in [0.717, 1.165) is 57.8 Å². The molecule has 2 aliphatic heterocycles. The number of esters is 4. The maximum atomic E-state index is 12.5. The minimum Gasteiger partial charge on any atom is -0.462 e. The monoisotopic (exact) mass is 794 g/mol. The number of carbonyl (C=O) groups excluding carboxylic acids is 4. The van der Waals surface area contributed by atoms with Crippen LogP contribution in [0.2, 0.25) is 0 Å². The molecule has 4 aliphatic carbocycles. The number of allylic oxidation sites excluding steroid dienone is 6. The second kappa shape index (κ2) is 20.6. The number of ether oxygens (including phenoxy) is 4. The van der Waals surface area contributed by atoms with Crippen molar-refractivity contribution in [2.24, 2.45) is 53.3 Å². The number of hydrogen-bond acceptors (Lipinski definition) is 10. The molecule has 0 radical (unpaired) electrons. The smallest absolute Gasteiger partial charge is 0.308 e. The van der Waals surface area contributed by atoms with Crippen LogP contribution in [0.5, 0.6) is 0 Å². The van der Waals surface area contributed by atoms with Gasteiger partial charge in [-0.05, 0) is 98.5 Å². The van der Waals surface area contributed by atoms with Crippen LogP contribution in [0.3, 0.4) is 0 Å². The van der Waals surface area contributed by atoms with Crippen molar-refractivity contribution >= 4 is 23.9 Å². The topological polar surface area (TPSA) is 146 Å². The number of carbonyl (C=O) groups is 4. The fourth-order valence-corrected chi connectivity index (χ4v) is 9.87. The van der Waals surface area contributed by atoms with Crippen LogP contribution in [0.25, 0.3) is 0 Å². The molecule has 0 amide bonds. The van der Waals surface area contributed by atoms with Gasteiger partial charge in [-0.3, -0.25) is 19.2 Å². The van der Waals surface area contributed by atoms with E-state index < -0.39 is 12.2 Å². The van der Waals surface area contributed by atoms with Gasteiger partial charge in [-0.25, -0.2) is 0 Å². The van der Waals surface area contributed by atoms with E-state index in [2.05, 4.69) is 57.2 Å². The van der Waals surface area contributed by atoms with Gasteiger partial charge in [0.05, 0.1) is 36.9 Å². The molecule has 2 saturated heterocycles. The van der Waals surface area contributed by atoms with E-state index in [0.29, 0.717) is 42.4 Å². The molecule has 318 valence electrons. The minimum absolute atomic E-state index is 0.0764. The summed E-state index contributed by atoms with van der Waals surface area (Å²) in [5.41, 5.74) is 2.55. The van der Waals surface area contributed by atoms with Crippen molar-refractivity contribution in [3.8, 4) is 0 Å². The van der Waals surface area contributed by atoms with E-state index in [1.165, 1.54) is 11.1 Å². The van der Waals surface area contributed by atoms with E-state index in [1.54, 1.807) is 0 Å². The first kappa shape index (κ1) is 44.9. The number of cyclic esters (lactones) is 2. The quantitative estimate of drug-likeness (QED) is 0.147. The number of aliphatic hydroxyl groups excluding tert-OH is 2. The third kappa shape index (κ3) is 11.9. The van der Waals surface area contributed by atoms with Gasteiger partial charge in [0.2, 0.25) is 0 Å². The lowest BCUT2D eigenvalue weighted by Crippen LogP contribution is -2.42. The normalized spacial score (nSPS) is 37.0. The molecular weight excluding hydrogens is 725 g/mol. The summed E-state index contributed by atoms with van der Waals surface area (Å²) < 4.78 is 22.9. The van der Waals surface area contributed by atoms with Gasteiger partial charge in [0.1, 0.15) is 24.4 Å². The molecule has 6 unspecified atom stereocenters. The van der Waals surface area contributed by atoms with Gasteiger partial charge >= 0.3 is 23.9 Å². The first-order valence-electron chi connectivity index (χ1n) is 22.1. The minimum atomic E-state index is -0.597. The lowest BCUT2D eigenvalue weighted by molar-refractivity contribution is -0.162. The van der Waals surface area contributed by atoms with E-state index in [1.807, 2.05) is 27.7 Å². The Kier molecular flexibility index (Phi) is 16.2. The van der Waals surface area contributed by atoms with Crippen molar-refractivity contribution in [3.05, 3.63) is 47.6 Å². The van der Waals surface area contributed by atoms with Gasteiger partial charge in [0.25, 0.3) is 0 Å². The zero-order valence-corrected chi connectivity index (χ0v) is 35.5. The molecular formula is C47H70O10. The molecule has 0 aromatic carbocycles. The average Bonchev–Trinajstić information content (AvgIpc) is 3.16. The summed E-state index contributed by atoms with van der Waals surface area (Å²) in [4.78, 5) is 48.3. The van der Waals surface area contributed by atoms with Gasteiger partial charge in [-0.15, -0.1) is 0 Å². The molecule has 6 aliphatic rings. The fourth-order valence-electron chi connectivity index (χ4n) is 9.87.